The van der Waals surface area contributed by atoms with E-state index >= 15 is 0 Å². The highest BCUT2D eigenvalue weighted by atomic mass is 79.9. The van der Waals surface area contributed by atoms with Crippen molar-refractivity contribution in [3.63, 3.8) is 0 Å². The Hall–Kier alpha value is -0.670. The Labute approximate surface area is 105 Å². The van der Waals surface area contributed by atoms with E-state index in [0.29, 0.717) is 12.6 Å². The number of carbonyl (C=O) groups is 1. The third kappa shape index (κ3) is 2.71. The van der Waals surface area contributed by atoms with Gasteiger partial charge in [0.15, 0.2) is 5.78 Å². The standard InChI is InChI=1S/C13H16BrNO/c1-10-4-3-7-15(10)9-13(16)11-5-2-6-12(14)8-11/h2,5-6,8,10H,3-4,7,9H2,1H3. The zero-order valence-corrected chi connectivity index (χ0v) is 11.0. The number of carbonyl (C=O) groups excluding carboxylic acids is 1. The number of ketones is 1. The Kier molecular flexibility index (Phi) is 3.77. The maximum atomic E-state index is 12.0. The van der Waals surface area contributed by atoms with Gasteiger partial charge >= 0.3 is 0 Å². The molecule has 1 aliphatic rings. The third-order valence-electron chi connectivity index (χ3n) is 3.18. The number of nitrogens with zero attached hydrogens (tertiary/aromatic N) is 1. The van der Waals surface area contributed by atoms with Gasteiger partial charge in [0.05, 0.1) is 6.54 Å². The Morgan fingerprint density at radius 3 is 3.00 bits per heavy atom. The fraction of sp³-hybridized carbons (Fsp3) is 0.462. The monoisotopic (exact) mass is 281 g/mol. The molecular weight excluding hydrogens is 266 g/mol. The van der Waals surface area contributed by atoms with Gasteiger partial charge in [-0.15, -0.1) is 0 Å². The Morgan fingerprint density at radius 1 is 1.56 bits per heavy atom. The maximum absolute atomic E-state index is 12.0. The lowest BCUT2D eigenvalue weighted by Crippen LogP contribution is -2.32. The molecule has 2 nitrogen and oxygen atoms in total. The second-order valence-electron chi connectivity index (χ2n) is 4.40. The molecule has 0 bridgehead atoms. The lowest BCUT2D eigenvalue weighted by atomic mass is 10.1. The first-order chi connectivity index (χ1) is 7.66. The summed E-state index contributed by atoms with van der Waals surface area (Å²) in [7, 11) is 0. The summed E-state index contributed by atoms with van der Waals surface area (Å²) in [6.45, 7) is 3.81. The molecule has 2 rings (SSSR count). The summed E-state index contributed by atoms with van der Waals surface area (Å²) < 4.78 is 0.966. The summed E-state index contributed by atoms with van der Waals surface area (Å²) in [4.78, 5) is 14.3. The van der Waals surface area contributed by atoms with Crippen LogP contribution in [0.1, 0.15) is 30.1 Å². The summed E-state index contributed by atoms with van der Waals surface area (Å²) in [5, 5.41) is 0. The second-order valence-corrected chi connectivity index (χ2v) is 5.31. The molecule has 0 aliphatic carbocycles. The zero-order valence-electron chi connectivity index (χ0n) is 9.45. The molecule has 3 heteroatoms. The summed E-state index contributed by atoms with van der Waals surface area (Å²) >= 11 is 3.39. The van der Waals surface area contributed by atoms with Crippen LogP contribution in [-0.2, 0) is 0 Å². The summed E-state index contributed by atoms with van der Waals surface area (Å²) in [5.74, 6) is 0.218. The molecule has 1 saturated heterocycles. The van der Waals surface area contributed by atoms with Crippen LogP contribution >= 0.6 is 15.9 Å². The molecule has 0 radical (unpaired) electrons. The fourth-order valence-electron chi connectivity index (χ4n) is 2.17. The summed E-state index contributed by atoms with van der Waals surface area (Å²) in [5.41, 5.74) is 0.800. The SMILES string of the molecule is CC1CCCN1CC(=O)c1cccc(Br)c1. The third-order valence-corrected chi connectivity index (χ3v) is 3.68. The second kappa shape index (κ2) is 5.11. The molecule has 1 atom stereocenters. The average molecular weight is 282 g/mol. The van der Waals surface area contributed by atoms with Gasteiger partial charge in [-0.2, -0.15) is 0 Å². The van der Waals surface area contributed by atoms with E-state index in [-0.39, 0.29) is 5.78 Å². The summed E-state index contributed by atoms with van der Waals surface area (Å²) in [6.07, 6.45) is 2.43. The first kappa shape index (κ1) is 11.8. The van der Waals surface area contributed by atoms with Crippen molar-refractivity contribution < 1.29 is 4.79 Å². The highest BCUT2D eigenvalue weighted by Crippen LogP contribution is 2.18. The summed E-state index contributed by atoms with van der Waals surface area (Å²) in [6, 6.07) is 8.17. The fourth-order valence-corrected chi connectivity index (χ4v) is 2.56. The van der Waals surface area contributed by atoms with Crippen LogP contribution < -0.4 is 0 Å². The molecule has 1 heterocycles. The molecule has 86 valence electrons. The van der Waals surface area contributed by atoms with Crippen molar-refractivity contribution in [2.75, 3.05) is 13.1 Å². The maximum Gasteiger partial charge on any atom is 0.176 e. The van der Waals surface area contributed by atoms with Crippen LogP contribution in [0.5, 0.6) is 0 Å². The van der Waals surface area contributed by atoms with Crippen molar-refractivity contribution in [2.24, 2.45) is 0 Å². The minimum Gasteiger partial charge on any atom is -0.293 e. The molecule has 0 aromatic heterocycles. The van der Waals surface area contributed by atoms with E-state index in [9.17, 15) is 4.79 Å². The molecule has 0 spiro atoms. The van der Waals surface area contributed by atoms with Gasteiger partial charge in [0, 0.05) is 16.1 Å². The quantitative estimate of drug-likeness (QED) is 0.794. The normalized spacial score (nSPS) is 21.2. The van der Waals surface area contributed by atoms with Gasteiger partial charge in [-0.1, -0.05) is 28.1 Å². The van der Waals surface area contributed by atoms with E-state index in [1.165, 1.54) is 12.8 Å². The minimum atomic E-state index is 0.218. The van der Waals surface area contributed by atoms with Crippen LogP contribution in [0.4, 0.5) is 0 Å². The van der Waals surface area contributed by atoms with Gasteiger partial charge in [0.1, 0.15) is 0 Å². The van der Waals surface area contributed by atoms with Crippen molar-refractivity contribution in [2.45, 2.75) is 25.8 Å². The predicted molar refractivity (Wildman–Crippen MR) is 68.7 cm³/mol. The number of rotatable bonds is 3. The van der Waals surface area contributed by atoms with Crippen molar-refractivity contribution in [1.82, 2.24) is 4.90 Å². The molecule has 0 amide bonds. The Morgan fingerprint density at radius 2 is 2.38 bits per heavy atom. The smallest absolute Gasteiger partial charge is 0.176 e. The van der Waals surface area contributed by atoms with E-state index in [2.05, 4.69) is 27.8 Å². The molecule has 16 heavy (non-hydrogen) atoms. The molecule has 0 saturated carbocycles. The topological polar surface area (TPSA) is 20.3 Å². The predicted octanol–water partition coefficient (Wildman–Crippen LogP) is 3.12. The highest BCUT2D eigenvalue weighted by Gasteiger charge is 2.22. The van der Waals surface area contributed by atoms with Crippen LogP contribution in [0.2, 0.25) is 0 Å². The number of likely N-dealkylation sites (tertiary alicyclic amines) is 1. The molecular formula is C13H16BrNO. The van der Waals surface area contributed by atoms with Gasteiger partial charge in [0.2, 0.25) is 0 Å². The number of benzene rings is 1. The van der Waals surface area contributed by atoms with Crippen LogP contribution in [0.3, 0.4) is 0 Å². The molecule has 1 aromatic rings. The van der Waals surface area contributed by atoms with Crippen LogP contribution in [0, 0.1) is 0 Å². The lowest BCUT2D eigenvalue weighted by Gasteiger charge is -2.19. The van der Waals surface area contributed by atoms with Gasteiger partial charge < -0.3 is 0 Å². The number of hydrogen-bond acceptors (Lipinski definition) is 2. The lowest BCUT2D eigenvalue weighted by molar-refractivity contribution is 0.0926. The van der Waals surface area contributed by atoms with Crippen molar-refractivity contribution in [3.05, 3.63) is 34.3 Å². The van der Waals surface area contributed by atoms with E-state index in [1.54, 1.807) is 0 Å². The van der Waals surface area contributed by atoms with E-state index in [4.69, 9.17) is 0 Å². The molecule has 1 aliphatic heterocycles. The van der Waals surface area contributed by atoms with Crippen molar-refractivity contribution >= 4 is 21.7 Å². The van der Waals surface area contributed by atoms with Gasteiger partial charge in [-0.3, -0.25) is 9.69 Å². The Bertz CT molecular complexity index is 391. The first-order valence-corrected chi connectivity index (χ1v) is 6.49. The number of hydrogen-bond donors (Lipinski definition) is 0. The first-order valence-electron chi connectivity index (χ1n) is 5.69. The average Bonchev–Trinajstić information content (AvgIpc) is 2.64. The molecule has 1 fully saturated rings. The number of halogens is 1. The molecule has 0 N–H and O–H groups in total. The van der Waals surface area contributed by atoms with Crippen molar-refractivity contribution in [3.8, 4) is 0 Å². The van der Waals surface area contributed by atoms with E-state index < -0.39 is 0 Å². The largest absolute Gasteiger partial charge is 0.293 e. The Balaban J connectivity index is 2.03. The highest BCUT2D eigenvalue weighted by molar-refractivity contribution is 9.10. The number of Topliss-reactive ketones (excluding diaryl/α,β-unsaturated/α-hetero) is 1. The van der Waals surface area contributed by atoms with Gasteiger partial charge in [0.25, 0.3) is 0 Å². The zero-order chi connectivity index (χ0) is 11.5. The minimum absolute atomic E-state index is 0.218. The van der Waals surface area contributed by atoms with Crippen molar-refractivity contribution in [1.29, 1.82) is 0 Å². The molecule has 1 aromatic carbocycles. The van der Waals surface area contributed by atoms with Gasteiger partial charge in [-0.25, -0.2) is 0 Å². The van der Waals surface area contributed by atoms with E-state index in [1.807, 2.05) is 24.3 Å². The molecule has 1 unspecified atom stereocenters. The van der Waals surface area contributed by atoms with Crippen LogP contribution in [0.25, 0.3) is 0 Å². The van der Waals surface area contributed by atoms with Crippen LogP contribution in [-0.4, -0.2) is 29.8 Å². The van der Waals surface area contributed by atoms with Gasteiger partial charge in [-0.05, 0) is 38.4 Å². The van der Waals surface area contributed by atoms with Crippen LogP contribution in [0.15, 0.2) is 28.7 Å². The van der Waals surface area contributed by atoms with E-state index in [0.717, 1.165) is 16.6 Å².